The summed E-state index contributed by atoms with van der Waals surface area (Å²) >= 11 is 0. The lowest BCUT2D eigenvalue weighted by molar-refractivity contribution is 0.0999. The highest BCUT2D eigenvalue weighted by Crippen LogP contribution is 2.31. The van der Waals surface area contributed by atoms with Crippen LogP contribution in [0, 0.1) is 6.92 Å². The number of carbonyl (C=O) groups is 1. The molecule has 2 N–H and O–H groups in total. The van der Waals surface area contributed by atoms with Crippen LogP contribution < -0.4 is 10.5 Å². The van der Waals surface area contributed by atoms with Crippen LogP contribution in [0.3, 0.4) is 0 Å². The van der Waals surface area contributed by atoms with E-state index in [1.54, 1.807) is 23.1 Å². The van der Waals surface area contributed by atoms with Crippen molar-refractivity contribution in [2.75, 3.05) is 0 Å². The summed E-state index contributed by atoms with van der Waals surface area (Å²) in [5, 5.41) is 4.41. The maximum Gasteiger partial charge on any atom is 0.248 e. The highest BCUT2D eigenvalue weighted by Gasteiger charge is 2.14. The summed E-state index contributed by atoms with van der Waals surface area (Å²) in [6.45, 7) is 7.93. The highest BCUT2D eigenvalue weighted by atomic mass is 16.5. The van der Waals surface area contributed by atoms with E-state index in [2.05, 4.69) is 15.1 Å². The van der Waals surface area contributed by atoms with Crippen LogP contribution in [0.2, 0.25) is 0 Å². The molecule has 0 aliphatic rings. The Hall–Kier alpha value is -4.20. The van der Waals surface area contributed by atoms with Crippen LogP contribution in [0.5, 0.6) is 11.5 Å². The average molecular weight is 457 g/mol. The van der Waals surface area contributed by atoms with Gasteiger partial charge in [-0.1, -0.05) is 26.8 Å². The fourth-order valence-electron chi connectivity index (χ4n) is 4.04. The number of primary amides is 1. The number of hydrogen-bond donors (Lipinski definition) is 1. The molecule has 5 rings (SSSR count). The number of aromatic nitrogens is 5. The predicted molar refractivity (Wildman–Crippen MR) is 133 cm³/mol. The monoisotopic (exact) mass is 456 g/mol. The van der Waals surface area contributed by atoms with Crippen molar-refractivity contribution in [1.82, 2.24) is 24.1 Å². The van der Waals surface area contributed by atoms with Crippen molar-refractivity contribution in [2.24, 2.45) is 12.8 Å². The number of amides is 1. The minimum absolute atomic E-state index is 0.424. The van der Waals surface area contributed by atoms with Crippen LogP contribution in [0.1, 0.15) is 42.4 Å². The van der Waals surface area contributed by atoms with Gasteiger partial charge in [-0.05, 0) is 36.6 Å². The SMILES string of the molecule is CC.CCc1cc(-c2cc(Oc3cnc4c(C)nn(C)c4c3)cc3nccn23)ccc1C(N)=O. The third kappa shape index (κ3) is 4.10. The van der Waals surface area contributed by atoms with E-state index in [0.717, 1.165) is 39.2 Å². The van der Waals surface area contributed by atoms with Gasteiger partial charge in [0.1, 0.15) is 22.7 Å². The number of carbonyl (C=O) groups excluding carboxylic acids is 1. The first-order valence-corrected chi connectivity index (χ1v) is 11.3. The fourth-order valence-corrected chi connectivity index (χ4v) is 4.04. The second kappa shape index (κ2) is 9.35. The van der Waals surface area contributed by atoms with E-state index < -0.39 is 5.91 Å². The molecule has 0 spiro atoms. The first-order valence-electron chi connectivity index (χ1n) is 11.3. The third-order valence-electron chi connectivity index (χ3n) is 5.60. The molecular weight excluding hydrogens is 428 g/mol. The number of hydrogen-bond acceptors (Lipinski definition) is 5. The van der Waals surface area contributed by atoms with Gasteiger partial charge >= 0.3 is 0 Å². The summed E-state index contributed by atoms with van der Waals surface area (Å²) in [5.41, 5.74) is 12.2. The number of aryl methyl sites for hydroxylation is 3. The van der Waals surface area contributed by atoms with E-state index >= 15 is 0 Å². The standard InChI is InChI=1S/C24H22N6O2.C2H6/c1-4-15-9-16(5-6-19(15)24(25)31)20-10-17(12-22-26-7-8-30(20)22)32-18-11-21-23(27-13-18)14(2)28-29(21)3;1-2/h5-13H,4H2,1-3H3,(H2,25,31);1-2H3. The fraction of sp³-hybridized carbons (Fsp3) is 0.231. The molecule has 174 valence electrons. The summed E-state index contributed by atoms with van der Waals surface area (Å²) in [5.74, 6) is 0.822. The molecule has 0 aliphatic carbocycles. The zero-order chi connectivity index (χ0) is 24.4. The molecule has 4 aromatic heterocycles. The number of imidazole rings is 1. The largest absolute Gasteiger partial charge is 0.455 e. The van der Waals surface area contributed by atoms with Gasteiger partial charge in [0.25, 0.3) is 0 Å². The summed E-state index contributed by atoms with van der Waals surface area (Å²) in [4.78, 5) is 20.7. The normalized spacial score (nSPS) is 10.9. The summed E-state index contributed by atoms with van der Waals surface area (Å²) in [6.07, 6.45) is 6.04. The Morgan fingerprint density at radius 1 is 1.09 bits per heavy atom. The second-order valence-electron chi connectivity index (χ2n) is 7.67. The Kier molecular flexibility index (Phi) is 6.32. The van der Waals surface area contributed by atoms with E-state index in [-0.39, 0.29) is 0 Å². The van der Waals surface area contributed by atoms with E-state index in [4.69, 9.17) is 10.5 Å². The van der Waals surface area contributed by atoms with Crippen LogP contribution in [-0.2, 0) is 13.5 Å². The quantitative estimate of drug-likeness (QED) is 0.398. The zero-order valence-electron chi connectivity index (χ0n) is 20.0. The summed E-state index contributed by atoms with van der Waals surface area (Å²) < 4.78 is 9.95. The van der Waals surface area contributed by atoms with Crippen molar-refractivity contribution in [3.8, 4) is 22.8 Å². The summed E-state index contributed by atoms with van der Waals surface area (Å²) in [6, 6.07) is 11.4. The molecule has 0 bridgehead atoms. The molecule has 0 unspecified atom stereocenters. The Morgan fingerprint density at radius 3 is 2.62 bits per heavy atom. The first-order chi connectivity index (χ1) is 16.4. The maximum atomic E-state index is 11.8. The molecule has 5 aromatic rings. The van der Waals surface area contributed by atoms with Gasteiger partial charge in [-0.15, -0.1) is 0 Å². The van der Waals surface area contributed by atoms with Crippen molar-refractivity contribution in [3.05, 3.63) is 71.8 Å². The van der Waals surface area contributed by atoms with Crippen molar-refractivity contribution in [1.29, 1.82) is 0 Å². The van der Waals surface area contributed by atoms with Gasteiger partial charge in [-0.3, -0.25) is 13.9 Å². The van der Waals surface area contributed by atoms with Crippen molar-refractivity contribution in [2.45, 2.75) is 34.1 Å². The summed E-state index contributed by atoms with van der Waals surface area (Å²) in [7, 11) is 1.89. The molecule has 0 atom stereocenters. The smallest absolute Gasteiger partial charge is 0.248 e. The number of rotatable bonds is 5. The van der Waals surface area contributed by atoms with Gasteiger partial charge in [-0.25, -0.2) is 9.97 Å². The van der Waals surface area contributed by atoms with E-state index in [1.165, 1.54) is 0 Å². The Balaban J connectivity index is 0.00000133. The molecule has 0 aliphatic heterocycles. The third-order valence-corrected chi connectivity index (χ3v) is 5.60. The topological polar surface area (TPSA) is 100 Å². The van der Waals surface area contributed by atoms with Crippen molar-refractivity contribution >= 4 is 22.6 Å². The van der Waals surface area contributed by atoms with Gasteiger partial charge < -0.3 is 10.5 Å². The average Bonchev–Trinajstić information content (AvgIpc) is 3.43. The number of nitrogens with two attached hydrogens (primary N) is 1. The molecule has 0 saturated carbocycles. The van der Waals surface area contributed by atoms with E-state index in [1.807, 2.05) is 75.7 Å². The van der Waals surface area contributed by atoms with Gasteiger partial charge in [0.2, 0.25) is 5.91 Å². The van der Waals surface area contributed by atoms with E-state index in [0.29, 0.717) is 23.5 Å². The number of pyridine rings is 2. The predicted octanol–water partition coefficient (Wildman–Crippen LogP) is 5.07. The van der Waals surface area contributed by atoms with Gasteiger partial charge in [-0.2, -0.15) is 5.10 Å². The number of benzene rings is 1. The van der Waals surface area contributed by atoms with Gasteiger partial charge in [0.15, 0.2) is 0 Å². The van der Waals surface area contributed by atoms with Crippen LogP contribution >= 0.6 is 0 Å². The number of ether oxygens (including phenoxy) is 1. The molecule has 1 aromatic carbocycles. The van der Waals surface area contributed by atoms with Crippen LogP contribution in [-0.4, -0.2) is 30.1 Å². The van der Waals surface area contributed by atoms with Crippen LogP contribution in [0.4, 0.5) is 0 Å². The molecule has 1 amide bonds. The lowest BCUT2D eigenvalue weighted by Gasteiger charge is -2.13. The highest BCUT2D eigenvalue weighted by molar-refractivity contribution is 5.95. The Morgan fingerprint density at radius 2 is 1.88 bits per heavy atom. The second-order valence-corrected chi connectivity index (χ2v) is 7.67. The molecule has 0 saturated heterocycles. The number of nitrogens with zero attached hydrogens (tertiary/aromatic N) is 5. The first kappa shape index (κ1) is 23.0. The molecule has 34 heavy (non-hydrogen) atoms. The zero-order valence-corrected chi connectivity index (χ0v) is 20.0. The molecule has 0 fully saturated rings. The molecular formula is C26H28N6O2. The minimum atomic E-state index is -0.424. The van der Waals surface area contributed by atoms with Crippen LogP contribution in [0.15, 0.2) is 55.0 Å². The maximum absolute atomic E-state index is 11.8. The van der Waals surface area contributed by atoms with Crippen molar-refractivity contribution in [3.63, 3.8) is 0 Å². The molecule has 4 heterocycles. The van der Waals surface area contributed by atoms with Gasteiger partial charge in [0, 0.05) is 43.2 Å². The Bertz CT molecular complexity index is 1500. The van der Waals surface area contributed by atoms with Gasteiger partial charge in [0.05, 0.1) is 23.1 Å². The number of fused-ring (bicyclic) bond motifs is 2. The molecule has 8 heteroatoms. The molecule has 8 nitrogen and oxygen atoms in total. The Labute approximate surface area is 198 Å². The lowest BCUT2D eigenvalue weighted by atomic mass is 9.99. The van der Waals surface area contributed by atoms with E-state index in [9.17, 15) is 4.79 Å². The van der Waals surface area contributed by atoms with Crippen LogP contribution in [0.25, 0.3) is 27.9 Å². The minimum Gasteiger partial charge on any atom is -0.455 e. The lowest BCUT2D eigenvalue weighted by Crippen LogP contribution is -2.13. The van der Waals surface area contributed by atoms with Crippen molar-refractivity contribution < 1.29 is 9.53 Å². The molecule has 0 radical (unpaired) electrons.